The molecule has 0 fully saturated rings. The number of aliphatic hydroxyl groups is 2. The van der Waals surface area contributed by atoms with Gasteiger partial charge in [0.2, 0.25) is 0 Å². The van der Waals surface area contributed by atoms with Crippen LogP contribution in [-0.4, -0.2) is 23.4 Å². The Labute approximate surface area is 176 Å². The Morgan fingerprint density at radius 3 is 1.40 bits per heavy atom. The lowest BCUT2D eigenvalue weighted by Gasteiger charge is -2.19. The number of hydrogen-bond donors (Lipinski definition) is 2. The third-order valence-corrected chi connectivity index (χ3v) is 5.31. The van der Waals surface area contributed by atoms with E-state index < -0.39 is 0 Å². The molecule has 2 N–H and O–H groups in total. The summed E-state index contributed by atoms with van der Waals surface area (Å²) in [6.07, 6.45) is 0. The molecule has 4 aromatic carbocycles. The molecule has 4 nitrogen and oxygen atoms in total. The quantitative estimate of drug-likeness (QED) is 0.432. The highest BCUT2D eigenvalue weighted by atomic mass is 16.5. The fourth-order valence-electron chi connectivity index (χ4n) is 3.98. The molecule has 0 heterocycles. The van der Waals surface area contributed by atoms with Crippen molar-refractivity contribution in [1.82, 2.24) is 0 Å². The Balaban J connectivity index is 2.11. The van der Waals surface area contributed by atoms with Crippen molar-refractivity contribution in [3.8, 4) is 22.6 Å². The van der Waals surface area contributed by atoms with Gasteiger partial charge in [0.05, 0.1) is 26.4 Å². The minimum absolute atomic E-state index is 0.000878. The summed E-state index contributed by atoms with van der Waals surface area (Å²) >= 11 is 0. The van der Waals surface area contributed by atoms with Crippen molar-refractivity contribution >= 4 is 21.5 Å². The van der Waals surface area contributed by atoms with Gasteiger partial charge in [-0.05, 0) is 70.8 Å². The summed E-state index contributed by atoms with van der Waals surface area (Å²) in [5.74, 6) is 1.59. The van der Waals surface area contributed by atoms with E-state index in [0.29, 0.717) is 13.2 Å². The lowest BCUT2D eigenvalue weighted by Crippen LogP contribution is -2.00. The molecule has 0 atom stereocenters. The highest BCUT2D eigenvalue weighted by molar-refractivity contribution is 6.10. The molecule has 0 amide bonds. The van der Waals surface area contributed by atoms with Crippen LogP contribution in [0.5, 0.6) is 11.5 Å². The standard InChI is InChI=1S/C26H26O4/c1-3-29-23-11-7-19-13-17(15-27)5-9-21(19)25(23)26-22-10-6-18(16-28)14-20(22)8-12-24(26)30-4-2/h5-14,27-28H,3-4,15-16H2,1-2H3. The van der Waals surface area contributed by atoms with Crippen LogP contribution in [0.2, 0.25) is 0 Å². The molecule has 4 heteroatoms. The molecule has 30 heavy (non-hydrogen) atoms. The predicted molar refractivity (Wildman–Crippen MR) is 121 cm³/mol. The molecular weight excluding hydrogens is 376 g/mol. The summed E-state index contributed by atoms with van der Waals surface area (Å²) in [6, 6.07) is 20.0. The molecule has 0 radical (unpaired) electrons. The summed E-state index contributed by atoms with van der Waals surface area (Å²) in [5, 5.41) is 23.3. The van der Waals surface area contributed by atoms with E-state index in [1.807, 2.05) is 74.5 Å². The molecule has 0 saturated carbocycles. The average Bonchev–Trinajstić information content (AvgIpc) is 2.79. The maximum atomic E-state index is 9.56. The maximum absolute atomic E-state index is 9.56. The molecule has 0 spiro atoms. The average molecular weight is 402 g/mol. The predicted octanol–water partition coefficient (Wildman–Crippen LogP) is 5.44. The number of rotatable bonds is 7. The fourth-order valence-corrected chi connectivity index (χ4v) is 3.98. The van der Waals surface area contributed by atoms with Gasteiger partial charge in [0.15, 0.2) is 0 Å². The van der Waals surface area contributed by atoms with Crippen molar-refractivity contribution in [2.45, 2.75) is 27.1 Å². The van der Waals surface area contributed by atoms with E-state index in [2.05, 4.69) is 0 Å². The van der Waals surface area contributed by atoms with Gasteiger partial charge in [-0.1, -0.05) is 36.4 Å². The van der Waals surface area contributed by atoms with Crippen molar-refractivity contribution in [3.05, 3.63) is 71.8 Å². The number of aliphatic hydroxyl groups excluding tert-OH is 2. The molecule has 154 valence electrons. The van der Waals surface area contributed by atoms with Gasteiger partial charge in [0.1, 0.15) is 11.5 Å². The smallest absolute Gasteiger partial charge is 0.127 e. The summed E-state index contributed by atoms with van der Waals surface area (Å²) in [4.78, 5) is 0. The van der Waals surface area contributed by atoms with E-state index in [1.165, 1.54) is 0 Å². The minimum Gasteiger partial charge on any atom is -0.493 e. The van der Waals surface area contributed by atoms with E-state index in [1.54, 1.807) is 0 Å². The van der Waals surface area contributed by atoms with Crippen molar-refractivity contribution in [2.24, 2.45) is 0 Å². The van der Waals surface area contributed by atoms with Gasteiger partial charge >= 0.3 is 0 Å². The van der Waals surface area contributed by atoms with Crippen LogP contribution in [-0.2, 0) is 13.2 Å². The van der Waals surface area contributed by atoms with Crippen molar-refractivity contribution in [2.75, 3.05) is 13.2 Å². The Morgan fingerprint density at radius 2 is 1.03 bits per heavy atom. The largest absolute Gasteiger partial charge is 0.493 e. The highest BCUT2D eigenvalue weighted by Gasteiger charge is 2.19. The van der Waals surface area contributed by atoms with E-state index in [0.717, 1.165) is 55.3 Å². The van der Waals surface area contributed by atoms with Crippen LogP contribution in [0.4, 0.5) is 0 Å². The first-order chi connectivity index (χ1) is 14.7. The van der Waals surface area contributed by atoms with Crippen LogP contribution in [0.1, 0.15) is 25.0 Å². The monoisotopic (exact) mass is 402 g/mol. The highest BCUT2D eigenvalue weighted by Crippen LogP contribution is 2.45. The summed E-state index contributed by atoms with van der Waals surface area (Å²) < 4.78 is 12.1. The van der Waals surface area contributed by atoms with Crippen LogP contribution in [0.3, 0.4) is 0 Å². The van der Waals surface area contributed by atoms with Crippen LogP contribution in [0.25, 0.3) is 32.7 Å². The van der Waals surface area contributed by atoms with Gasteiger partial charge in [0, 0.05) is 11.1 Å². The number of ether oxygens (including phenoxy) is 2. The Bertz CT molecular complexity index is 1100. The normalized spacial score (nSPS) is 11.2. The molecule has 0 aliphatic carbocycles. The van der Waals surface area contributed by atoms with Crippen molar-refractivity contribution < 1.29 is 19.7 Å². The molecule has 4 aromatic rings. The Morgan fingerprint density at radius 1 is 0.600 bits per heavy atom. The third-order valence-electron chi connectivity index (χ3n) is 5.31. The molecule has 0 bridgehead atoms. The summed E-state index contributed by atoms with van der Waals surface area (Å²) in [6.45, 7) is 5.06. The lowest BCUT2D eigenvalue weighted by molar-refractivity contribution is 0.282. The first-order valence-electron chi connectivity index (χ1n) is 10.3. The first kappa shape index (κ1) is 20.2. The topological polar surface area (TPSA) is 58.9 Å². The summed E-state index contributed by atoms with van der Waals surface area (Å²) in [7, 11) is 0. The molecule has 0 aliphatic heterocycles. The van der Waals surface area contributed by atoms with Crippen molar-refractivity contribution in [1.29, 1.82) is 0 Å². The maximum Gasteiger partial charge on any atom is 0.127 e. The van der Waals surface area contributed by atoms with Gasteiger partial charge in [-0.2, -0.15) is 0 Å². The molecule has 0 unspecified atom stereocenters. The molecule has 0 aliphatic rings. The zero-order valence-corrected chi connectivity index (χ0v) is 17.3. The minimum atomic E-state index is 0.000878. The van der Waals surface area contributed by atoms with E-state index in [4.69, 9.17) is 9.47 Å². The van der Waals surface area contributed by atoms with Gasteiger partial charge < -0.3 is 19.7 Å². The van der Waals surface area contributed by atoms with E-state index in [-0.39, 0.29) is 13.2 Å². The second-order valence-electron chi connectivity index (χ2n) is 7.17. The number of benzene rings is 4. The van der Waals surface area contributed by atoms with Gasteiger partial charge in [-0.3, -0.25) is 0 Å². The second kappa shape index (κ2) is 8.74. The second-order valence-corrected chi connectivity index (χ2v) is 7.17. The van der Waals surface area contributed by atoms with Crippen molar-refractivity contribution in [3.63, 3.8) is 0 Å². The molecular formula is C26H26O4. The molecule has 0 aromatic heterocycles. The van der Waals surface area contributed by atoms with Crippen LogP contribution < -0.4 is 9.47 Å². The van der Waals surface area contributed by atoms with Crippen LogP contribution >= 0.6 is 0 Å². The van der Waals surface area contributed by atoms with E-state index in [9.17, 15) is 10.2 Å². The number of hydrogen-bond acceptors (Lipinski definition) is 4. The first-order valence-corrected chi connectivity index (χ1v) is 10.3. The molecule has 4 rings (SSSR count). The lowest BCUT2D eigenvalue weighted by atomic mass is 9.91. The van der Waals surface area contributed by atoms with E-state index >= 15 is 0 Å². The van der Waals surface area contributed by atoms with Gasteiger partial charge in [0.25, 0.3) is 0 Å². The number of fused-ring (bicyclic) bond motifs is 2. The van der Waals surface area contributed by atoms with Gasteiger partial charge in [-0.15, -0.1) is 0 Å². The molecule has 0 saturated heterocycles. The SMILES string of the molecule is CCOc1ccc2cc(CO)ccc2c1-c1c(OCC)ccc2cc(CO)ccc12. The van der Waals surface area contributed by atoms with Gasteiger partial charge in [-0.25, -0.2) is 0 Å². The summed E-state index contributed by atoms with van der Waals surface area (Å²) in [5.41, 5.74) is 3.69. The van der Waals surface area contributed by atoms with Crippen LogP contribution in [0.15, 0.2) is 60.7 Å². The Hall–Kier alpha value is -3.08. The zero-order chi connectivity index (χ0) is 21.1. The van der Waals surface area contributed by atoms with Crippen LogP contribution in [0, 0.1) is 0 Å². The zero-order valence-electron chi connectivity index (χ0n) is 17.3. The fraction of sp³-hybridized carbons (Fsp3) is 0.231. The third kappa shape index (κ3) is 3.60. The Kier molecular flexibility index (Phi) is 5.88.